The number of nitrogens with zero attached hydrogens (tertiary/aromatic N) is 1. The van der Waals surface area contributed by atoms with Gasteiger partial charge in [0.05, 0.1) is 0 Å². The number of rotatable bonds is 6. The summed E-state index contributed by atoms with van der Waals surface area (Å²) in [6.45, 7) is 5.16. The van der Waals surface area contributed by atoms with Crippen molar-refractivity contribution in [2.75, 3.05) is 18.4 Å². The molecule has 0 spiro atoms. The highest BCUT2D eigenvalue weighted by Gasteiger charge is 2.34. The molecule has 0 aromatic heterocycles. The van der Waals surface area contributed by atoms with Crippen LogP contribution < -0.4 is 10.6 Å². The molecule has 1 unspecified atom stereocenters. The quantitative estimate of drug-likeness (QED) is 0.790. The van der Waals surface area contributed by atoms with Crippen molar-refractivity contribution in [1.29, 1.82) is 0 Å². The molecule has 3 amide bonds. The third-order valence-corrected chi connectivity index (χ3v) is 5.07. The van der Waals surface area contributed by atoms with E-state index in [0.717, 1.165) is 18.4 Å². The number of likely N-dealkylation sites (tertiary alicyclic amines) is 1. The fourth-order valence-corrected chi connectivity index (χ4v) is 3.42. The van der Waals surface area contributed by atoms with Gasteiger partial charge in [-0.3, -0.25) is 14.4 Å². The molecular formula is C23H27N3O3. The average Bonchev–Trinajstić information content (AvgIpc) is 3.22. The van der Waals surface area contributed by atoms with Crippen LogP contribution in [-0.4, -0.2) is 41.8 Å². The molecule has 2 aromatic carbocycles. The van der Waals surface area contributed by atoms with Crippen LogP contribution in [0, 0.1) is 6.92 Å². The van der Waals surface area contributed by atoms with Crippen molar-refractivity contribution in [3.05, 3.63) is 65.2 Å². The van der Waals surface area contributed by atoms with Gasteiger partial charge < -0.3 is 15.5 Å². The molecule has 29 heavy (non-hydrogen) atoms. The number of amides is 3. The van der Waals surface area contributed by atoms with Crippen LogP contribution in [0.4, 0.5) is 5.69 Å². The molecule has 152 valence electrons. The van der Waals surface area contributed by atoms with E-state index in [4.69, 9.17) is 0 Å². The summed E-state index contributed by atoms with van der Waals surface area (Å²) < 4.78 is 0. The number of benzene rings is 2. The van der Waals surface area contributed by atoms with Crippen LogP contribution in [-0.2, 0) is 4.79 Å². The molecule has 1 aliphatic rings. The molecule has 0 aliphatic carbocycles. The van der Waals surface area contributed by atoms with Crippen molar-refractivity contribution < 1.29 is 14.4 Å². The Bertz CT molecular complexity index is 875. The first-order valence-electron chi connectivity index (χ1n) is 10.1. The number of nitrogens with one attached hydrogen (secondary N) is 2. The Labute approximate surface area is 171 Å². The van der Waals surface area contributed by atoms with Crippen molar-refractivity contribution in [3.8, 4) is 0 Å². The Morgan fingerprint density at radius 3 is 2.31 bits per heavy atom. The van der Waals surface area contributed by atoms with Gasteiger partial charge in [-0.2, -0.15) is 0 Å². The first kappa shape index (κ1) is 20.6. The normalized spacial score (nSPS) is 15.8. The molecular weight excluding hydrogens is 366 g/mol. The van der Waals surface area contributed by atoms with Gasteiger partial charge >= 0.3 is 0 Å². The van der Waals surface area contributed by atoms with E-state index in [9.17, 15) is 14.4 Å². The largest absolute Gasteiger partial charge is 0.354 e. The average molecular weight is 393 g/mol. The Kier molecular flexibility index (Phi) is 6.65. The maximum absolute atomic E-state index is 12.9. The van der Waals surface area contributed by atoms with Crippen molar-refractivity contribution in [2.24, 2.45) is 0 Å². The zero-order chi connectivity index (χ0) is 20.8. The first-order chi connectivity index (χ1) is 14.0. The van der Waals surface area contributed by atoms with Gasteiger partial charge in [0.15, 0.2) is 0 Å². The smallest absolute Gasteiger partial charge is 0.255 e. The van der Waals surface area contributed by atoms with Crippen molar-refractivity contribution in [2.45, 2.75) is 39.2 Å². The lowest BCUT2D eigenvalue weighted by Crippen LogP contribution is -2.46. The van der Waals surface area contributed by atoms with Gasteiger partial charge in [0.1, 0.15) is 6.04 Å². The molecule has 1 atom stereocenters. The molecule has 1 aliphatic heterocycles. The van der Waals surface area contributed by atoms with E-state index < -0.39 is 6.04 Å². The molecule has 2 aromatic rings. The van der Waals surface area contributed by atoms with Crippen LogP contribution in [0.25, 0.3) is 0 Å². The van der Waals surface area contributed by atoms with Gasteiger partial charge in [0.25, 0.3) is 11.8 Å². The van der Waals surface area contributed by atoms with Crippen molar-refractivity contribution >= 4 is 23.4 Å². The molecule has 1 saturated heterocycles. The predicted molar refractivity (Wildman–Crippen MR) is 113 cm³/mol. The third kappa shape index (κ3) is 5.02. The SMILES string of the molecule is CCCNC(=O)C1CCCN1C(=O)c1ccc(NC(=O)c2ccc(C)cc2)cc1. The zero-order valence-corrected chi connectivity index (χ0v) is 16.9. The van der Waals surface area contributed by atoms with Crippen LogP contribution >= 0.6 is 0 Å². The molecule has 2 N–H and O–H groups in total. The molecule has 0 bridgehead atoms. The van der Waals surface area contributed by atoms with E-state index in [0.29, 0.717) is 36.3 Å². The second kappa shape index (κ2) is 9.37. The molecule has 6 heteroatoms. The number of hydrogen-bond donors (Lipinski definition) is 2. The lowest BCUT2D eigenvalue weighted by Gasteiger charge is -2.24. The maximum atomic E-state index is 12.9. The van der Waals surface area contributed by atoms with Crippen molar-refractivity contribution in [1.82, 2.24) is 10.2 Å². The Balaban J connectivity index is 1.64. The van der Waals surface area contributed by atoms with Gasteiger partial charge in [-0.25, -0.2) is 0 Å². The van der Waals surface area contributed by atoms with E-state index in [1.807, 2.05) is 26.0 Å². The van der Waals surface area contributed by atoms with Crippen LogP contribution in [0.5, 0.6) is 0 Å². The van der Waals surface area contributed by atoms with Gasteiger partial charge in [-0.1, -0.05) is 24.6 Å². The summed E-state index contributed by atoms with van der Waals surface area (Å²) in [7, 11) is 0. The summed E-state index contributed by atoms with van der Waals surface area (Å²) in [5.41, 5.74) is 2.79. The number of aryl methyl sites for hydroxylation is 1. The van der Waals surface area contributed by atoms with E-state index >= 15 is 0 Å². The highest BCUT2D eigenvalue weighted by Crippen LogP contribution is 2.21. The van der Waals surface area contributed by atoms with Gasteiger partial charge in [0.2, 0.25) is 5.91 Å². The molecule has 0 saturated carbocycles. The lowest BCUT2D eigenvalue weighted by molar-refractivity contribution is -0.124. The van der Waals surface area contributed by atoms with Gasteiger partial charge in [-0.05, 0) is 62.6 Å². The topological polar surface area (TPSA) is 78.5 Å². The molecule has 3 rings (SSSR count). The highest BCUT2D eigenvalue weighted by molar-refractivity contribution is 6.04. The van der Waals surface area contributed by atoms with Crippen molar-refractivity contribution in [3.63, 3.8) is 0 Å². The van der Waals surface area contributed by atoms with Crippen LogP contribution in [0.3, 0.4) is 0 Å². The number of anilines is 1. The second-order valence-electron chi connectivity index (χ2n) is 7.35. The summed E-state index contributed by atoms with van der Waals surface area (Å²) in [6, 6.07) is 13.7. The number of carbonyl (C=O) groups is 3. The summed E-state index contributed by atoms with van der Waals surface area (Å²) in [5.74, 6) is -0.438. The van der Waals surface area contributed by atoms with Crippen LogP contribution in [0.1, 0.15) is 52.5 Å². The molecule has 6 nitrogen and oxygen atoms in total. The monoisotopic (exact) mass is 393 g/mol. The maximum Gasteiger partial charge on any atom is 0.255 e. The first-order valence-corrected chi connectivity index (χ1v) is 10.1. The zero-order valence-electron chi connectivity index (χ0n) is 16.9. The highest BCUT2D eigenvalue weighted by atomic mass is 16.2. The van der Waals surface area contributed by atoms with E-state index in [1.165, 1.54) is 0 Å². The molecule has 0 radical (unpaired) electrons. The fourth-order valence-electron chi connectivity index (χ4n) is 3.42. The minimum Gasteiger partial charge on any atom is -0.354 e. The second-order valence-corrected chi connectivity index (χ2v) is 7.35. The van der Waals surface area contributed by atoms with E-state index in [2.05, 4.69) is 10.6 Å². The van der Waals surface area contributed by atoms with Gasteiger partial charge in [0, 0.05) is 29.9 Å². The Hall–Kier alpha value is -3.15. The summed E-state index contributed by atoms with van der Waals surface area (Å²) >= 11 is 0. The Morgan fingerprint density at radius 1 is 1.00 bits per heavy atom. The lowest BCUT2D eigenvalue weighted by atomic mass is 10.1. The van der Waals surface area contributed by atoms with E-state index in [1.54, 1.807) is 41.3 Å². The summed E-state index contributed by atoms with van der Waals surface area (Å²) in [5, 5.41) is 5.72. The third-order valence-electron chi connectivity index (χ3n) is 5.07. The minimum atomic E-state index is -0.407. The predicted octanol–water partition coefficient (Wildman–Crippen LogP) is 3.38. The standard InChI is InChI=1S/C23H27N3O3/c1-3-14-24-22(28)20-5-4-15-26(20)23(29)18-10-12-19(13-11-18)25-21(27)17-8-6-16(2)7-9-17/h6-13,20H,3-5,14-15H2,1-2H3,(H,24,28)(H,25,27). The molecule has 1 heterocycles. The minimum absolute atomic E-state index is 0.0836. The fraction of sp³-hybridized carbons (Fsp3) is 0.348. The number of carbonyl (C=O) groups excluding carboxylic acids is 3. The Morgan fingerprint density at radius 2 is 1.66 bits per heavy atom. The van der Waals surface area contributed by atoms with E-state index in [-0.39, 0.29) is 17.7 Å². The summed E-state index contributed by atoms with van der Waals surface area (Å²) in [4.78, 5) is 39.2. The molecule has 1 fully saturated rings. The van der Waals surface area contributed by atoms with Gasteiger partial charge in [-0.15, -0.1) is 0 Å². The van der Waals surface area contributed by atoms with Crippen LogP contribution in [0.15, 0.2) is 48.5 Å². The van der Waals surface area contributed by atoms with Crippen LogP contribution in [0.2, 0.25) is 0 Å². The number of hydrogen-bond acceptors (Lipinski definition) is 3. The summed E-state index contributed by atoms with van der Waals surface area (Å²) in [6.07, 6.45) is 2.37.